The Hall–Kier alpha value is -0.830. The van der Waals surface area contributed by atoms with Crippen molar-refractivity contribution in [1.82, 2.24) is 0 Å². The van der Waals surface area contributed by atoms with E-state index in [9.17, 15) is 0 Å². The Morgan fingerprint density at radius 2 is 2.08 bits per heavy atom. The Morgan fingerprint density at radius 1 is 1.23 bits per heavy atom. The summed E-state index contributed by atoms with van der Waals surface area (Å²) in [5.41, 5.74) is 6.05. The van der Waals surface area contributed by atoms with Crippen molar-refractivity contribution >= 4 is 20.1 Å². The van der Waals surface area contributed by atoms with Crippen LogP contribution in [-0.2, 0) is 0 Å². The third kappa shape index (κ3) is 1.91. The Kier molecular flexibility index (Phi) is 2.64. The zero-order valence-electron chi connectivity index (χ0n) is 7.59. The van der Waals surface area contributed by atoms with E-state index in [1.54, 1.807) is 0 Å². The molecule has 0 nitrogen and oxygen atoms in total. The van der Waals surface area contributed by atoms with Gasteiger partial charge >= 0.3 is 0 Å². The first-order valence-electron chi connectivity index (χ1n) is 4.67. The van der Waals surface area contributed by atoms with Gasteiger partial charge in [0.1, 0.15) is 0 Å². The van der Waals surface area contributed by atoms with Gasteiger partial charge in [0.25, 0.3) is 0 Å². The molecule has 1 aromatic rings. The van der Waals surface area contributed by atoms with Crippen LogP contribution in [0.5, 0.6) is 0 Å². The summed E-state index contributed by atoms with van der Waals surface area (Å²) in [6.45, 7) is 0. The number of rotatable bonds is 1. The molecule has 1 aromatic carbocycles. The van der Waals surface area contributed by atoms with E-state index in [0.29, 0.717) is 0 Å². The first-order chi connectivity index (χ1) is 6.38. The highest BCUT2D eigenvalue weighted by Crippen LogP contribution is 2.22. The van der Waals surface area contributed by atoms with E-state index in [1.165, 1.54) is 35.7 Å². The van der Waals surface area contributed by atoms with E-state index >= 15 is 0 Å². The van der Waals surface area contributed by atoms with Crippen molar-refractivity contribution in [3.05, 3.63) is 41.6 Å². The smallest absolute Gasteiger partial charge is 0.00150 e. The molecule has 1 aliphatic rings. The standard InChI is InChI=1S/C12H13P/c13-12-9-5-4-8-11(12)10-6-2-1-3-7-10/h2,4-5,8-9H,1,3,7,13H2. The van der Waals surface area contributed by atoms with E-state index in [-0.39, 0.29) is 0 Å². The molecule has 0 saturated heterocycles. The number of hydrogen-bond donors (Lipinski definition) is 0. The van der Waals surface area contributed by atoms with Crippen molar-refractivity contribution in [1.29, 1.82) is 0 Å². The minimum Gasteiger partial charge on any atom is -0.121 e. The largest absolute Gasteiger partial charge is 0.121 e. The van der Waals surface area contributed by atoms with Gasteiger partial charge < -0.3 is 0 Å². The Morgan fingerprint density at radius 3 is 2.77 bits per heavy atom. The first-order valence-corrected chi connectivity index (χ1v) is 5.24. The van der Waals surface area contributed by atoms with Crippen LogP contribution in [0.2, 0.25) is 0 Å². The maximum Gasteiger partial charge on any atom is 0.00150 e. The molecule has 0 fully saturated rings. The van der Waals surface area contributed by atoms with Crippen molar-refractivity contribution in [3.8, 4) is 0 Å². The molecule has 1 unspecified atom stereocenters. The zero-order valence-corrected chi connectivity index (χ0v) is 8.74. The highest BCUT2D eigenvalue weighted by atomic mass is 31.0. The summed E-state index contributed by atoms with van der Waals surface area (Å²) in [7, 11) is 2.78. The monoisotopic (exact) mass is 188 g/mol. The highest BCUT2D eigenvalue weighted by Gasteiger charge is 2.05. The van der Waals surface area contributed by atoms with Crippen LogP contribution in [0.25, 0.3) is 5.57 Å². The molecule has 0 radical (unpaired) electrons. The molecule has 2 rings (SSSR count). The fraction of sp³-hybridized carbons (Fsp3) is 0.250. The predicted octanol–water partition coefficient (Wildman–Crippen LogP) is 2.91. The molecule has 0 bridgehead atoms. The third-order valence-corrected chi connectivity index (χ3v) is 2.84. The number of allylic oxidation sites excluding steroid dienone is 1. The minimum atomic E-state index is 1.17. The molecule has 1 heteroatoms. The molecule has 0 amide bonds. The molecule has 0 heterocycles. The van der Waals surface area contributed by atoms with Gasteiger partial charge in [-0.2, -0.15) is 0 Å². The summed E-state index contributed by atoms with van der Waals surface area (Å²) >= 11 is 0. The summed E-state index contributed by atoms with van der Waals surface area (Å²) in [5.74, 6) is 0. The lowest BCUT2D eigenvalue weighted by Gasteiger charge is -2.09. The molecule has 1 atom stereocenters. The van der Waals surface area contributed by atoms with Crippen LogP contribution in [0.1, 0.15) is 24.8 Å². The Labute approximate surface area is 81.6 Å². The van der Waals surface area contributed by atoms with Gasteiger partial charge in [-0.3, -0.25) is 0 Å². The minimum absolute atomic E-state index is 1.17. The summed E-state index contributed by atoms with van der Waals surface area (Å²) in [5, 5.41) is 1.28. The highest BCUT2D eigenvalue weighted by molar-refractivity contribution is 7.27. The van der Waals surface area contributed by atoms with Gasteiger partial charge in [0, 0.05) is 5.57 Å². The van der Waals surface area contributed by atoms with E-state index in [4.69, 9.17) is 0 Å². The Bertz CT molecular complexity index is 370. The summed E-state index contributed by atoms with van der Waals surface area (Å²) in [6.07, 6.45) is 5.77. The van der Waals surface area contributed by atoms with Gasteiger partial charge in [0.2, 0.25) is 0 Å². The fourth-order valence-corrected chi connectivity index (χ4v) is 2.01. The maximum absolute atomic E-state index is 3.35. The van der Waals surface area contributed by atoms with Gasteiger partial charge in [-0.1, -0.05) is 24.3 Å². The van der Waals surface area contributed by atoms with Crippen LogP contribution in [0.4, 0.5) is 0 Å². The number of hydrogen-bond acceptors (Lipinski definition) is 0. The second-order valence-corrected chi connectivity index (χ2v) is 3.93. The van der Waals surface area contributed by atoms with Crippen LogP contribution in [-0.4, -0.2) is 0 Å². The maximum atomic E-state index is 3.35. The predicted molar refractivity (Wildman–Crippen MR) is 61.1 cm³/mol. The van der Waals surface area contributed by atoms with Crippen molar-refractivity contribution in [2.45, 2.75) is 19.3 Å². The average molecular weight is 188 g/mol. The normalized spacial score (nSPS) is 15.6. The van der Waals surface area contributed by atoms with Crippen molar-refractivity contribution in [3.63, 3.8) is 0 Å². The molecule has 0 N–H and O–H groups in total. The third-order valence-electron chi connectivity index (χ3n) is 2.34. The van der Waals surface area contributed by atoms with E-state index in [2.05, 4.69) is 45.3 Å². The van der Waals surface area contributed by atoms with Crippen LogP contribution in [0.15, 0.2) is 36.1 Å². The van der Waals surface area contributed by atoms with Crippen molar-refractivity contribution < 1.29 is 0 Å². The SMILES string of the molecule is Pc1ccccc1C1=C=CCCC1. The van der Waals surface area contributed by atoms with Crippen LogP contribution in [0.3, 0.4) is 0 Å². The van der Waals surface area contributed by atoms with Crippen LogP contribution >= 0.6 is 9.24 Å². The van der Waals surface area contributed by atoms with Gasteiger partial charge in [0.05, 0.1) is 0 Å². The molecule has 0 aromatic heterocycles. The zero-order chi connectivity index (χ0) is 9.10. The Balaban J connectivity index is 2.45. The molecule has 66 valence electrons. The molecule has 1 aliphatic carbocycles. The molecule has 0 spiro atoms. The molecule has 0 aliphatic heterocycles. The van der Waals surface area contributed by atoms with E-state index in [0.717, 1.165) is 0 Å². The van der Waals surface area contributed by atoms with Gasteiger partial charge in [0.15, 0.2) is 0 Å². The summed E-state index contributed by atoms with van der Waals surface area (Å²) < 4.78 is 0. The molecule has 13 heavy (non-hydrogen) atoms. The van der Waals surface area contributed by atoms with Gasteiger partial charge in [-0.25, -0.2) is 0 Å². The lowest BCUT2D eigenvalue weighted by Crippen LogP contribution is -2.00. The van der Waals surface area contributed by atoms with Crippen LogP contribution < -0.4 is 5.30 Å². The fourth-order valence-electron chi connectivity index (χ4n) is 1.63. The second kappa shape index (κ2) is 3.92. The number of benzene rings is 1. The molecule has 0 saturated carbocycles. The van der Waals surface area contributed by atoms with Gasteiger partial charge in [-0.15, -0.1) is 15.0 Å². The lowest BCUT2D eigenvalue weighted by atomic mass is 9.98. The van der Waals surface area contributed by atoms with E-state index < -0.39 is 0 Å². The topological polar surface area (TPSA) is 0 Å². The van der Waals surface area contributed by atoms with Crippen molar-refractivity contribution in [2.24, 2.45) is 0 Å². The second-order valence-electron chi connectivity index (χ2n) is 3.31. The first kappa shape index (κ1) is 8.75. The summed E-state index contributed by atoms with van der Waals surface area (Å²) in [6, 6.07) is 8.46. The lowest BCUT2D eigenvalue weighted by molar-refractivity contribution is 0.867. The molecular weight excluding hydrogens is 175 g/mol. The van der Waals surface area contributed by atoms with Crippen LogP contribution in [0, 0.1) is 0 Å². The quantitative estimate of drug-likeness (QED) is 0.469. The van der Waals surface area contributed by atoms with Crippen molar-refractivity contribution in [2.75, 3.05) is 0 Å². The average Bonchev–Trinajstić information content (AvgIpc) is 2.20. The molecular formula is C12H13P. The summed E-state index contributed by atoms with van der Waals surface area (Å²) in [4.78, 5) is 0. The van der Waals surface area contributed by atoms with E-state index in [1.807, 2.05) is 0 Å². The van der Waals surface area contributed by atoms with Gasteiger partial charge in [-0.05, 0) is 36.2 Å².